The van der Waals surface area contributed by atoms with Crippen LogP contribution in [-0.4, -0.2) is 25.7 Å². The zero-order valence-electron chi connectivity index (χ0n) is 10.9. The lowest BCUT2D eigenvalue weighted by Gasteiger charge is -2.18. The van der Waals surface area contributed by atoms with Crippen LogP contribution in [0.4, 0.5) is 11.6 Å². The highest BCUT2D eigenvalue weighted by molar-refractivity contribution is 5.55. The Balaban J connectivity index is 1.96. The molecule has 0 saturated carbocycles. The topological polar surface area (TPSA) is 93.2 Å². The first-order chi connectivity index (χ1) is 9.58. The first-order valence-electron chi connectivity index (χ1n) is 6.26. The van der Waals surface area contributed by atoms with E-state index in [-0.39, 0.29) is 11.9 Å². The van der Waals surface area contributed by atoms with Gasteiger partial charge in [0.1, 0.15) is 0 Å². The van der Waals surface area contributed by atoms with Crippen molar-refractivity contribution in [1.82, 2.24) is 9.55 Å². The molecular formula is C13H14N4O3. The van der Waals surface area contributed by atoms with Gasteiger partial charge in [-0.1, -0.05) is 24.3 Å². The third-order valence-corrected chi connectivity index (χ3v) is 3.59. The minimum absolute atomic E-state index is 0.232. The maximum Gasteiger partial charge on any atom is 0.406 e. The highest BCUT2D eigenvalue weighted by Crippen LogP contribution is 2.35. The van der Waals surface area contributed by atoms with E-state index in [9.17, 15) is 15.2 Å². The summed E-state index contributed by atoms with van der Waals surface area (Å²) in [6, 6.07) is 7.33. The zero-order chi connectivity index (χ0) is 14.3. The molecular weight excluding hydrogens is 260 g/mol. The molecule has 3 rings (SSSR count). The second kappa shape index (κ2) is 4.61. The van der Waals surface area contributed by atoms with Crippen LogP contribution in [0.15, 0.2) is 30.6 Å². The zero-order valence-corrected chi connectivity index (χ0v) is 10.9. The SMILES string of the molecule is Cn1cnc([N+](=O)[O-])c1N[C@@H]1c2ccccc2C[C@@H]1O. The summed E-state index contributed by atoms with van der Waals surface area (Å²) in [5.41, 5.74) is 2.03. The number of aryl methyl sites for hydroxylation is 1. The number of aromatic nitrogens is 2. The van der Waals surface area contributed by atoms with Crippen LogP contribution in [0.2, 0.25) is 0 Å². The summed E-state index contributed by atoms with van der Waals surface area (Å²) in [5.74, 6) is 0.0693. The minimum Gasteiger partial charge on any atom is -0.390 e. The van der Waals surface area contributed by atoms with E-state index in [1.807, 2.05) is 24.3 Å². The van der Waals surface area contributed by atoms with E-state index in [4.69, 9.17) is 0 Å². The molecule has 0 amide bonds. The molecule has 1 aliphatic rings. The van der Waals surface area contributed by atoms with Gasteiger partial charge in [0, 0.05) is 13.5 Å². The number of aliphatic hydroxyl groups excluding tert-OH is 1. The molecule has 7 heteroatoms. The fourth-order valence-corrected chi connectivity index (χ4v) is 2.61. The molecule has 1 aromatic carbocycles. The number of nitro groups is 1. The fourth-order valence-electron chi connectivity index (χ4n) is 2.61. The summed E-state index contributed by atoms with van der Waals surface area (Å²) in [4.78, 5) is 14.2. The maximum atomic E-state index is 11.0. The Labute approximate surface area is 115 Å². The van der Waals surface area contributed by atoms with Crippen molar-refractivity contribution >= 4 is 11.6 Å². The second-order valence-electron chi connectivity index (χ2n) is 4.88. The monoisotopic (exact) mass is 274 g/mol. The first kappa shape index (κ1) is 12.6. The van der Waals surface area contributed by atoms with Gasteiger partial charge in [-0.3, -0.25) is 4.57 Å². The molecule has 1 aliphatic carbocycles. The van der Waals surface area contributed by atoms with Crippen molar-refractivity contribution < 1.29 is 10.0 Å². The number of imidazole rings is 1. The Morgan fingerprint density at radius 1 is 1.50 bits per heavy atom. The van der Waals surface area contributed by atoms with Crippen molar-refractivity contribution in [3.8, 4) is 0 Å². The molecule has 1 heterocycles. The summed E-state index contributed by atoms with van der Waals surface area (Å²) in [6.07, 6.45) is 1.31. The van der Waals surface area contributed by atoms with E-state index < -0.39 is 11.0 Å². The van der Waals surface area contributed by atoms with Gasteiger partial charge in [-0.15, -0.1) is 0 Å². The number of anilines is 1. The average Bonchev–Trinajstić information content (AvgIpc) is 2.92. The number of nitrogens with one attached hydrogen (secondary N) is 1. The molecule has 0 fully saturated rings. The lowest BCUT2D eigenvalue weighted by molar-refractivity contribution is -0.388. The largest absolute Gasteiger partial charge is 0.406 e. The number of hydrogen-bond donors (Lipinski definition) is 2. The van der Waals surface area contributed by atoms with Crippen molar-refractivity contribution in [2.45, 2.75) is 18.6 Å². The molecule has 104 valence electrons. The van der Waals surface area contributed by atoms with Crippen LogP contribution in [0.1, 0.15) is 17.2 Å². The van der Waals surface area contributed by atoms with Crippen LogP contribution in [-0.2, 0) is 13.5 Å². The van der Waals surface area contributed by atoms with Crippen LogP contribution in [0.5, 0.6) is 0 Å². The highest BCUT2D eigenvalue weighted by Gasteiger charge is 2.33. The molecule has 0 radical (unpaired) electrons. The number of benzene rings is 1. The molecule has 20 heavy (non-hydrogen) atoms. The van der Waals surface area contributed by atoms with Gasteiger partial charge in [0.2, 0.25) is 12.1 Å². The molecule has 7 nitrogen and oxygen atoms in total. The standard InChI is InChI=1S/C13H14N4O3/c1-16-7-14-12(17(19)20)13(16)15-11-9-5-3-2-4-8(9)6-10(11)18/h2-5,7,10-11,15,18H,6H2,1H3/t10-,11+/m0/s1. The lowest BCUT2D eigenvalue weighted by atomic mass is 10.1. The summed E-state index contributed by atoms with van der Waals surface area (Å²) in [6.45, 7) is 0. The van der Waals surface area contributed by atoms with Crippen LogP contribution in [0.25, 0.3) is 0 Å². The predicted molar refractivity (Wildman–Crippen MR) is 72.4 cm³/mol. The van der Waals surface area contributed by atoms with E-state index in [1.165, 1.54) is 6.33 Å². The first-order valence-corrected chi connectivity index (χ1v) is 6.26. The van der Waals surface area contributed by atoms with E-state index in [0.717, 1.165) is 11.1 Å². The molecule has 2 atom stereocenters. The van der Waals surface area contributed by atoms with Crippen LogP contribution in [0, 0.1) is 10.1 Å². The summed E-state index contributed by atoms with van der Waals surface area (Å²) in [7, 11) is 1.68. The number of hydrogen-bond acceptors (Lipinski definition) is 5. The summed E-state index contributed by atoms with van der Waals surface area (Å²) in [5, 5.41) is 24.2. The summed E-state index contributed by atoms with van der Waals surface area (Å²) < 4.78 is 1.55. The predicted octanol–water partition coefficient (Wildman–Crippen LogP) is 1.40. The third-order valence-electron chi connectivity index (χ3n) is 3.59. The molecule has 0 bridgehead atoms. The Hall–Kier alpha value is -2.41. The summed E-state index contributed by atoms with van der Waals surface area (Å²) >= 11 is 0. The fraction of sp³-hybridized carbons (Fsp3) is 0.308. The number of aliphatic hydroxyl groups is 1. The van der Waals surface area contributed by atoms with E-state index in [2.05, 4.69) is 10.3 Å². The highest BCUT2D eigenvalue weighted by atomic mass is 16.6. The van der Waals surface area contributed by atoms with Gasteiger partial charge in [0.25, 0.3) is 0 Å². The van der Waals surface area contributed by atoms with Gasteiger partial charge in [-0.2, -0.15) is 0 Å². The van der Waals surface area contributed by atoms with E-state index in [1.54, 1.807) is 11.6 Å². The smallest absolute Gasteiger partial charge is 0.390 e. The normalized spacial score (nSPS) is 20.7. The van der Waals surface area contributed by atoms with Gasteiger partial charge in [0.15, 0.2) is 0 Å². The Bertz CT molecular complexity index is 667. The van der Waals surface area contributed by atoms with Gasteiger partial charge in [-0.05, 0) is 21.0 Å². The van der Waals surface area contributed by atoms with Gasteiger partial charge in [-0.25, -0.2) is 0 Å². The molecule has 0 spiro atoms. The Kier molecular flexibility index (Phi) is 2.90. The van der Waals surface area contributed by atoms with E-state index >= 15 is 0 Å². The molecule has 2 aromatic rings. The van der Waals surface area contributed by atoms with Gasteiger partial charge >= 0.3 is 5.82 Å². The Morgan fingerprint density at radius 2 is 2.25 bits per heavy atom. The quantitative estimate of drug-likeness (QED) is 0.651. The molecule has 2 N–H and O–H groups in total. The van der Waals surface area contributed by atoms with Gasteiger partial charge in [0.05, 0.1) is 12.1 Å². The molecule has 0 saturated heterocycles. The van der Waals surface area contributed by atoms with Crippen LogP contribution >= 0.6 is 0 Å². The van der Waals surface area contributed by atoms with E-state index in [0.29, 0.717) is 12.2 Å². The Morgan fingerprint density at radius 3 is 3.00 bits per heavy atom. The number of fused-ring (bicyclic) bond motifs is 1. The number of nitrogens with zero attached hydrogens (tertiary/aromatic N) is 3. The van der Waals surface area contributed by atoms with Gasteiger partial charge < -0.3 is 20.5 Å². The van der Waals surface area contributed by atoms with Crippen molar-refractivity contribution in [2.24, 2.45) is 7.05 Å². The minimum atomic E-state index is -0.609. The molecule has 1 aromatic heterocycles. The maximum absolute atomic E-state index is 11.0. The average molecular weight is 274 g/mol. The number of rotatable bonds is 3. The molecule has 0 unspecified atom stereocenters. The van der Waals surface area contributed by atoms with Crippen LogP contribution in [0.3, 0.4) is 0 Å². The van der Waals surface area contributed by atoms with Crippen molar-refractivity contribution in [3.05, 3.63) is 51.8 Å². The third kappa shape index (κ3) is 1.92. The van der Waals surface area contributed by atoms with Crippen molar-refractivity contribution in [3.63, 3.8) is 0 Å². The molecule has 0 aliphatic heterocycles. The van der Waals surface area contributed by atoms with Crippen molar-refractivity contribution in [2.75, 3.05) is 5.32 Å². The second-order valence-corrected chi connectivity index (χ2v) is 4.88. The van der Waals surface area contributed by atoms with Crippen molar-refractivity contribution in [1.29, 1.82) is 0 Å². The lowest BCUT2D eigenvalue weighted by Crippen LogP contribution is -2.22. The van der Waals surface area contributed by atoms with Crippen LogP contribution < -0.4 is 5.32 Å².